The molecule has 0 saturated heterocycles. The Morgan fingerprint density at radius 2 is 1.82 bits per heavy atom. The summed E-state index contributed by atoms with van der Waals surface area (Å²) in [6.45, 7) is 0.385. The molecular formula is C18H16N2O2. The maximum atomic E-state index is 12.4. The van der Waals surface area contributed by atoms with Crippen LogP contribution in [-0.2, 0) is 6.54 Å². The third kappa shape index (κ3) is 2.91. The molecule has 1 aromatic heterocycles. The summed E-state index contributed by atoms with van der Waals surface area (Å²) in [5, 5.41) is 4.92. The number of ether oxygens (including phenoxy) is 1. The Hall–Kier alpha value is -2.88. The fourth-order valence-corrected chi connectivity index (χ4v) is 2.33. The molecule has 4 heteroatoms. The molecule has 0 radical (unpaired) electrons. The van der Waals surface area contributed by atoms with Crippen molar-refractivity contribution in [2.45, 2.75) is 6.54 Å². The first-order chi connectivity index (χ1) is 10.8. The van der Waals surface area contributed by atoms with E-state index < -0.39 is 0 Å². The molecule has 0 bridgehead atoms. The summed E-state index contributed by atoms with van der Waals surface area (Å²) in [7, 11) is 1.57. The molecule has 0 saturated carbocycles. The van der Waals surface area contributed by atoms with Crippen molar-refractivity contribution in [3.63, 3.8) is 0 Å². The van der Waals surface area contributed by atoms with Gasteiger partial charge in [-0.1, -0.05) is 30.3 Å². The molecule has 3 rings (SSSR count). The summed E-state index contributed by atoms with van der Waals surface area (Å²) >= 11 is 0. The van der Waals surface area contributed by atoms with E-state index in [1.807, 2.05) is 54.6 Å². The zero-order valence-electron chi connectivity index (χ0n) is 12.2. The Balaban J connectivity index is 1.86. The first-order valence-corrected chi connectivity index (χ1v) is 7.03. The average Bonchev–Trinajstić information content (AvgIpc) is 2.59. The van der Waals surface area contributed by atoms with E-state index in [0.29, 0.717) is 17.9 Å². The maximum absolute atomic E-state index is 12.4. The number of pyridine rings is 1. The summed E-state index contributed by atoms with van der Waals surface area (Å²) in [6.07, 6.45) is 1.71. The maximum Gasteiger partial charge on any atom is 0.255 e. The Labute approximate surface area is 128 Å². The second-order valence-corrected chi connectivity index (χ2v) is 4.90. The van der Waals surface area contributed by atoms with E-state index in [1.54, 1.807) is 13.3 Å². The first kappa shape index (κ1) is 14.1. The monoisotopic (exact) mass is 292 g/mol. The standard InChI is InChI=1S/C18H16N2O2/c1-22-17-11-14-7-3-2-6-13(14)10-16(17)18(21)20-12-15-8-4-5-9-19-15/h2-11H,12H2,1H3,(H,20,21). The minimum Gasteiger partial charge on any atom is -0.496 e. The van der Waals surface area contributed by atoms with Gasteiger partial charge in [-0.15, -0.1) is 0 Å². The summed E-state index contributed by atoms with van der Waals surface area (Å²) < 4.78 is 5.35. The molecule has 1 amide bonds. The number of methoxy groups -OCH3 is 1. The van der Waals surface area contributed by atoms with Crippen LogP contribution in [0, 0.1) is 0 Å². The lowest BCUT2D eigenvalue weighted by Gasteiger charge is -2.11. The fourth-order valence-electron chi connectivity index (χ4n) is 2.33. The van der Waals surface area contributed by atoms with Gasteiger partial charge >= 0.3 is 0 Å². The van der Waals surface area contributed by atoms with Crippen LogP contribution >= 0.6 is 0 Å². The molecular weight excluding hydrogens is 276 g/mol. The zero-order valence-corrected chi connectivity index (χ0v) is 12.2. The highest BCUT2D eigenvalue weighted by atomic mass is 16.5. The van der Waals surface area contributed by atoms with E-state index in [4.69, 9.17) is 4.74 Å². The topological polar surface area (TPSA) is 51.2 Å². The SMILES string of the molecule is COc1cc2ccccc2cc1C(=O)NCc1ccccn1. The lowest BCUT2D eigenvalue weighted by molar-refractivity contribution is 0.0947. The van der Waals surface area contributed by atoms with E-state index in [0.717, 1.165) is 16.5 Å². The number of hydrogen-bond donors (Lipinski definition) is 1. The van der Waals surface area contributed by atoms with Crippen molar-refractivity contribution in [3.8, 4) is 5.75 Å². The van der Waals surface area contributed by atoms with E-state index in [9.17, 15) is 4.79 Å². The molecule has 0 aliphatic rings. The van der Waals surface area contributed by atoms with Gasteiger partial charge in [0.05, 0.1) is 24.9 Å². The number of amides is 1. The highest BCUT2D eigenvalue weighted by Gasteiger charge is 2.13. The van der Waals surface area contributed by atoms with Crippen LogP contribution in [-0.4, -0.2) is 18.0 Å². The molecule has 2 aromatic carbocycles. The summed E-state index contributed by atoms with van der Waals surface area (Å²) in [5.74, 6) is 0.394. The molecule has 0 spiro atoms. The Morgan fingerprint density at radius 3 is 2.50 bits per heavy atom. The molecule has 0 atom stereocenters. The van der Waals surface area contributed by atoms with Crippen molar-refractivity contribution in [2.75, 3.05) is 7.11 Å². The van der Waals surface area contributed by atoms with Crippen molar-refractivity contribution >= 4 is 16.7 Å². The van der Waals surface area contributed by atoms with Gasteiger partial charge in [0.1, 0.15) is 5.75 Å². The van der Waals surface area contributed by atoms with Crippen LogP contribution in [0.4, 0.5) is 0 Å². The number of hydrogen-bond acceptors (Lipinski definition) is 3. The van der Waals surface area contributed by atoms with Crippen LogP contribution in [0.15, 0.2) is 60.8 Å². The third-order valence-corrected chi connectivity index (χ3v) is 3.47. The number of nitrogens with one attached hydrogen (secondary N) is 1. The predicted octanol–water partition coefficient (Wildman–Crippen LogP) is 3.17. The van der Waals surface area contributed by atoms with Gasteiger partial charge in [0.15, 0.2) is 0 Å². The van der Waals surface area contributed by atoms with Crippen LogP contribution in [0.2, 0.25) is 0 Å². The van der Waals surface area contributed by atoms with Crippen molar-refractivity contribution < 1.29 is 9.53 Å². The van der Waals surface area contributed by atoms with Crippen molar-refractivity contribution in [2.24, 2.45) is 0 Å². The molecule has 4 nitrogen and oxygen atoms in total. The number of benzene rings is 2. The van der Waals surface area contributed by atoms with Gasteiger partial charge < -0.3 is 10.1 Å². The van der Waals surface area contributed by atoms with Gasteiger partial charge in [0.25, 0.3) is 5.91 Å². The Morgan fingerprint density at radius 1 is 1.09 bits per heavy atom. The minimum atomic E-state index is -0.173. The number of fused-ring (bicyclic) bond motifs is 1. The second-order valence-electron chi connectivity index (χ2n) is 4.90. The van der Waals surface area contributed by atoms with Gasteiger partial charge in [0.2, 0.25) is 0 Å². The summed E-state index contributed by atoms with van der Waals surface area (Å²) in [4.78, 5) is 16.6. The quantitative estimate of drug-likeness (QED) is 0.803. The smallest absolute Gasteiger partial charge is 0.255 e. The molecule has 110 valence electrons. The summed E-state index contributed by atoms with van der Waals surface area (Å²) in [6, 6.07) is 17.2. The summed E-state index contributed by atoms with van der Waals surface area (Å²) in [5.41, 5.74) is 1.34. The molecule has 3 aromatic rings. The van der Waals surface area contributed by atoms with E-state index in [1.165, 1.54) is 0 Å². The van der Waals surface area contributed by atoms with Crippen LogP contribution in [0.3, 0.4) is 0 Å². The van der Waals surface area contributed by atoms with Crippen molar-refractivity contribution in [3.05, 3.63) is 72.1 Å². The van der Waals surface area contributed by atoms with Crippen molar-refractivity contribution in [1.29, 1.82) is 0 Å². The number of carbonyl (C=O) groups is 1. The highest BCUT2D eigenvalue weighted by molar-refractivity contribution is 6.01. The third-order valence-electron chi connectivity index (χ3n) is 3.47. The molecule has 0 aliphatic heterocycles. The van der Waals surface area contributed by atoms with E-state index >= 15 is 0 Å². The minimum absolute atomic E-state index is 0.173. The van der Waals surface area contributed by atoms with Gasteiger partial charge in [0, 0.05) is 6.20 Å². The van der Waals surface area contributed by atoms with Crippen LogP contribution in [0.5, 0.6) is 5.75 Å². The molecule has 1 N–H and O–H groups in total. The van der Waals surface area contributed by atoms with E-state index in [2.05, 4.69) is 10.3 Å². The van der Waals surface area contributed by atoms with Crippen LogP contribution in [0.25, 0.3) is 10.8 Å². The van der Waals surface area contributed by atoms with Gasteiger partial charge in [-0.3, -0.25) is 9.78 Å². The number of nitrogens with zero attached hydrogens (tertiary/aromatic N) is 1. The molecule has 22 heavy (non-hydrogen) atoms. The molecule has 1 heterocycles. The molecule has 0 unspecified atom stereocenters. The van der Waals surface area contributed by atoms with E-state index in [-0.39, 0.29) is 5.91 Å². The van der Waals surface area contributed by atoms with Crippen molar-refractivity contribution in [1.82, 2.24) is 10.3 Å². The Kier molecular flexibility index (Phi) is 4.01. The molecule has 0 aliphatic carbocycles. The zero-order chi connectivity index (χ0) is 15.4. The number of rotatable bonds is 4. The van der Waals surface area contributed by atoms with Crippen LogP contribution in [0.1, 0.15) is 16.1 Å². The van der Waals surface area contributed by atoms with Gasteiger partial charge in [-0.25, -0.2) is 0 Å². The first-order valence-electron chi connectivity index (χ1n) is 7.03. The van der Waals surface area contributed by atoms with Gasteiger partial charge in [-0.05, 0) is 35.0 Å². The fraction of sp³-hybridized carbons (Fsp3) is 0.111. The lowest BCUT2D eigenvalue weighted by atomic mass is 10.1. The number of carbonyl (C=O) groups excluding carboxylic acids is 1. The molecule has 0 fully saturated rings. The van der Waals surface area contributed by atoms with Crippen LogP contribution < -0.4 is 10.1 Å². The largest absolute Gasteiger partial charge is 0.496 e. The second kappa shape index (κ2) is 6.26. The van der Waals surface area contributed by atoms with Gasteiger partial charge in [-0.2, -0.15) is 0 Å². The predicted molar refractivity (Wildman–Crippen MR) is 85.9 cm³/mol. The lowest BCUT2D eigenvalue weighted by Crippen LogP contribution is -2.23. The average molecular weight is 292 g/mol. The Bertz CT molecular complexity index is 801. The normalized spacial score (nSPS) is 10.4. The number of aromatic nitrogens is 1. The highest BCUT2D eigenvalue weighted by Crippen LogP contribution is 2.25.